The van der Waals surface area contributed by atoms with Gasteiger partial charge in [-0.3, -0.25) is 9.59 Å². The van der Waals surface area contributed by atoms with Gasteiger partial charge in [0.25, 0.3) is 0 Å². The highest BCUT2D eigenvalue weighted by atomic mass is 16.5. The average Bonchev–Trinajstić information content (AvgIpc) is 2.30. The highest BCUT2D eigenvalue weighted by molar-refractivity contribution is 5.79. The number of Topliss-reactive ketones (excluding diaryl/α,β-unsaturated/α-hetero) is 1. The van der Waals surface area contributed by atoms with Crippen molar-refractivity contribution in [2.75, 3.05) is 0 Å². The Labute approximate surface area is 107 Å². The van der Waals surface area contributed by atoms with E-state index in [2.05, 4.69) is 5.92 Å². The lowest BCUT2D eigenvalue weighted by atomic mass is 9.93. The van der Waals surface area contributed by atoms with Crippen molar-refractivity contribution in [3.05, 3.63) is 29.8 Å². The molecule has 0 heterocycles. The third-order valence-electron chi connectivity index (χ3n) is 2.63. The molecule has 1 atom stereocenters. The van der Waals surface area contributed by atoms with Crippen molar-refractivity contribution >= 4 is 11.8 Å². The number of benzene rings is 1. The van der Waals surface area contributed by atoms with Crippen molar-refractivity contribution in [1.29, 1.82) is 0 Å². The summed E-state index contributed by atoms with van der Waals surface area (Å²) in [5, 5.41) is 0. The van der Waals surface area contributed by atoms with Gasteiger partial charge in [0.05, 0.1) is 0 Å². The van der Waals surface area contributed by atoms with E-state index in [1.54, 1.807) is 12.1 Å². The first-order valence-electron chi connectivity index (χ1n) is 5.74. The second kappa shape index (κ2) is 6.61. The Kier molecular flexibility index (Phi) is 5.13. The van der Waals surface area contributed by atoms with Crippen molar-refractivity contribution in [3.63, 3.8) is 0 Å². The molecular weight excluding hydrogens is 228 g/mol. The van der Waals surface area contributed by atoms with Crippen LogP contribution in [-0.2, 0) is 16.0 Å². The number of terminal acetylenes is 1. The molecule has 94 valence electrons. The second-order valence-corrected chi connectivity index (χ2v) is 4.12. The fourth-order valence-corrected chi connectivity index (χ4v) is 1.69. The minimum Gasteiger partial charge on any atom is -0.426 e. The van der Waals surface area contributed by atoms with E-state index in [-0.39, 0.29) is 17.7 Å². The molecule has 0 spiro atoms. The van der Waals surface area contributed by atoms with Gasteiger partial charge < -0.3 is 4.74 Å². The number of carbonyl (C=O) groups is 2. The molecule has 0 unspecified atom stereocenters. The number of hydrogen-bond acceptors (Lipinski definition) is 3. The van der Waals surface area contributed by atoms with Crippen LogP contribution >= 0.6 is 0 Å². The molecule has 1 rings (SSSR count). The molecule has 0 saturated carbocycles. The Balaban J connectivity index is 2.92. The number of para-hydroxylation sites is 1. The first-order valence-corrected chi connectivity index (χ1v) is 5.74. The Morgan fingerprint density at radius 2 is 2.00 bits per heavy atom. The van der Waals surface area contributed by atoms with E-state index in [9.17, 15) is 9.59 Å². The zero-order chi connectivity index (χ0) is 13.5. The molecule has 1 aromatic carbocycles. The summed E-state index contributed by atoms with van der Waals surface area (Å²) in [7, 11) is 0. The van der Waals surface area contributed by atoms with E-state index < -0.39 is 0 Å². The van der Waals surface area contributed by atoms with Crippen LogP contribution in [0.15, 0.2) is 24.3 Å². The minimum absolute atomic E-state index is 0.0468. The zero-order valence-corrected chi connectivity index (χ0v) is 10.6. The molecule has 1 aromatic rings. The van der Waals surface area contributed by atoms with Crippen molar-refractivity contribution in [2.45, 2.75) is 26.7 Å². The summed E-state index contributed by atoms with van der Waals surface area (Å²) in [6.07, 6.45) is 6.13. The molecule has 0 bridgehead atoms. The molecule has 0 N–H and O–H groups in total. The summed E-state index contributed by atoms with van der Waals surface area (Å²) in [5.74, 6) is 2.44. The number of rotatable bonds is 5. The fourth-order valence-electron chi connectivity index (χ4n) is 1.69. The van der Waals surface area contributed by atoms with Crippen LogP contribution in [0.5, 0.6) is 5.75 Å². The highest BCUT2D eigenvalue weighted by Crippen LogP contribution is 2.23. The maximum absolute atomic E-state index is 11.5. The summed E-state index contributed by atoms with van der Waals surface area (Å²) in [6, 6.07) is 7.18. The highest BCUT2D eigenvalue weighted by Gasteiger charge is 2.16. The summed E-state index contributed by atoms with van der Waals surface area (Å²) in [6.45, 7) is 2.87. The van der Waals surface area contributed by atoms with E-state index in [0.717, 1.165) is 5.56 Å². The number of esters is 1. The number of hydrogen-bond donors (Lipinski definition) is 0. The van der Waals surface area contributed by atoms with Crippen LogP contribution in [0, 0.1) is 18.3 Å². The van der Waals surface area contributed by atoms with Gasteiger partial charge in [0.1, 0.15) is 11.5 Å². The predicted molar refractivity (Wildman–Crippen MR) is 69.1 cm³/mol. The van der Waals surface area contributed by atoms with Gasteiger partial charge in [0.2, 0.25) is 0 Å². The molecule has 0 aliphatic rings. The largest absolute Gasteiger partial charge is 0.426 e. The number of carbonyl (C=O) groups excluding carboxylic acids is 2. The monoisotopic (exact) mass is 244 g/mol. The van der Waals surface area contributed by atoms with Crippen molar-refractivity contribution in [1.82, 2.24) is 0 Å². The summed E-state index contributed by atoms with van der Waals surface area (Å²) in [4.78, 5) is 22.5. The fraction of sp³-hybridized carbons (Fsp3) is 0.333. The maximum atomic E-state index is 11.5. The molecular formula is C15H16O3. The van der Waals surface area contributed by atoms with Crippen molar-refractivity contribution < 1.29 is 14.3 Å². The van der Waals surface area contributed by atoms with E-state index in [1.807, 2.05) is 12.1 Å². The Morgan fingerprint density at radius 3 is 2.56 bits per heavy atom. The van der Waals surface area contributed by atoms with Crippen molar-refractivity contribution in [2.24, 2.45) is 5.92 Å². The molecule has 3 nitrogen and oxygen atoms in total. The number of ether oxygens (including phenoxy) is 1. The van der Waals surface area contributed by atoms with Gasteiger partial charge in [-0.25, -0.2) is 0 Å². The smallest absolute Gasteiger partial charge is 0.308 e. The SMILES string of the molecule is C#CC[C@@H](Cc1ccccc1OC(C)=O)C(C)=O. The van der Waals surface area contributed by atoms with Gasteiger partial charge in [0, 0.05) is 19.3 Å². The first kappa shape index (κ1) is 14.0. The second-order valence-electron chi connectivity index (χ2n) is 4.12. The van der Waals surface area contributed by atoms with Crippen LogP contribution in [0.1, 0.15) is 25.8 Å². The Morgan fingerprint density at radius 1 is 1.33 bits per heavy atom. The van der Waals surface area contributed by atoms with Crippen LogP contribution in [0.4, 0.5) is 0 Å². The topological polar surface area (TPSA) is 43.4 Å². The van der Waals surface area contributed by atoms with Crippen LogP contribution < -0.4 is 4.74 Å². The minimum atomic E-state index is -0.376. The summed E-state index contributed by atoms with van der Waals surface area (Å²) in [5.41, 5.74) is 0.822. The predicted octanol–water partition coefficient (Wildman–Crippen LogP) is 2.38. The lowest BCUT2D eigenvalue weighted by Crippen LogP contribution is -2.14. The molecule has 0 radical (unpaired) electrons. The molecule has 0 amide bonds. The molecule has 3 heteroatoms. The lowest BCUT2D eigenvalue weighted by Gasteiger charge is -2.13. The van der Waals surface area contributed by atoms with Crippen LogP contribution in [0.25, 0.3) is 0 Å². The third kappa shape index (κ3) is 4.06. The van der Waals surface area contributed by atoms with Crippen LogP contribution in [0.2, 0.25) is 0 Å². The maximum Gasteiger partial charge on any atom is 0.308 e. The molecule has 0 aromatic heterocycles. The van der Waals surface area contributed by atoms with Crippen molar-refractivity contribution in [3.8, 4) is 18.1 Å². The van der Waals surface area contributed by atoms with Gasteiger partial charge in [0.15, 0.2) is 0 Å². The van der Waals surface area contributed by atoms with Gasteiger partial charge in [-0.1, -0.05) is 18.2 Å². The molecule has 0 fully saturated rings. The lowest BCUT2D eigenvalue weighted by molar-refractivity contribution is -0.131. The standard InChI is InChI=1S/C15H16O3/c1-4-7-13(11(2)16)10-14-8-5-6-9-15(14)18-12(3)17/h1,5-6,8-9,13H,7,10H2,2-3H3/t13-/m0/s1. The van der Waals surface area contributed by atoms with E-state index >= 15 is 0 Å². The third-order valence-corrected chi connectivity index (χ3v) is 2.63. The molecule has 0 aliphatic carbocycles. The van der Waals surface area contributed by atoms with Crippen LogP contribution in [0.3, 0.4) is 0 Å². The normalized spacial score (nSPS) is 11.4. The zero-order valence-electron chi connectivity index (χ0n) is 10.6. The van der Waals surface area contributed by atoms with Gasteiger partial charge >= 0.3 is 5.97 Å². The van der Waals surface area contributed by atoms with Gasteiger partial charge in [-0.2, -0.15) is 0 Å². The van der Waals surface area contributed by atoms with E-state index in [0.29, 0.717) is 18.6 Å². The van der Waals surface area contributed by atoms with E-state index in [4.69, 9.17) is 11.2 Å². The first-order chi connectivity index (χ1) is 8.54. The van der Waals surface area contributed by atoms with Gasteiger partial charge in [-0.05, 0) is 25.0 Å². The van der Waals surface area contributed by atoms with Crippen LogP contribution in [-0.4, -0.2) is 11.8 Å². The molecule has 0 aliphatic heterocycles. The number of ketones is 1. The van der Waals surface area contributed by atoms with Gasteiger partial charge in [-0.15, -0.1) is 12.3 Å². The summed E-state index contributed by atoms with van der Waals surface area (Å²) >= 11 is 0. The molecule has 18 heavy (non-hydrogen) atoms. The van der Waals surface area contributed by atoms with E-state index in [1.165, 1.54) is 13.8 Å². The quantitative estimate of drug-likeness (QED) is 0.454. The summed E-state index contributed by atoms with van der Waals surface area (Å²) < 4.78 is 5.10. The Hall–Kier alpha value is -2.08. The Bertz CT molecular complexity index is 483. The molecule has 0 saturated heterocycles. The average molecular weight is 244 g/mol.